The van der Waals surface area contributed by atoms with E-state index in [1.165, 1.54) is 11.8 Å². The van der Waals surface area contributed by atoms with Crippen molar-refractivity contribution in [2.24, 2.45) is 10.2 Å². The normalized spacial score (nSPS) is 17.6. The van der Waals surface area contributed by atoms with Crippen molar-refractivity contribution in [1.82, 2.24) is 4.90 Å². The summed E-state index contributed by atoms with van der Waals surface area (Å²) in [6.45, 7) is 2.48. The van der Waals surface area contributed by atoms with E-state index in [1.54, 1.807) is 31.4 Å². The van der Waals surface area contributed by atoms with Crippen LogP contribution in [0.15, 0.2) is 70.9 Å². The molecule has 0 aliphatic carbocycles. The minimum absolute atomic E-state index is 0.0708. The highest BCUT2D eigenvalue weighted by molar-refractivity contribution is 8.15. The van der Waals surface area contributed by atoms with Crippen LogP contribution in [0.5, 0.6) is 11.5 Å². The first kappa shape index (κ1) is 21.9. The van der Waals surface area contributed by atoms with Crippen molar-refractivity contribution in [2.45, 2.75) is 25.1 Å². The number of amidine groups is 1. The van der Waals surface area contributed by atoms with Gasteiger partial charge in [-0.3, -0.25) is 9.69 Å². The Balaban J connectivity index is 1.62. The number of thioether (sulfide) groups is 1. The molecule has 1 aliphatic heterocycles. The first-order valence-corrected chi connectivity index (χ1v) is 11.3. The van der Waals surface area contributed by atoms with Crippen LogP contribution in [-0.4, -0.2) is 41.7 Å². The molecule has 7 heteroatoms. The quantitative estimate of drug-likeness (QED) is 0.373. The second-order valence-electron chi connectivity index (χ2n) is 7.31. The molecule has 0 bridgehead atoms. The minimum Gasteiger partial charge on any atom is -0.497 e. The van der Waals surface area contributed by atoms with Gasteiger partial charge >= 0.3 is 0 Å². The van der Waals surface area contributed by atoms with E-state index < -0.39 is 0 Å². The maximum absolute atomic E-state index is 13.0. The van der Waals surface area contributed by atoms with Crippen LogP contribution in [0.25, 0.3) is 10.8 Å². The van der Waals surface area contributed by atoms with Gasteiger partial charge < -0.3 is 9.47 Å². The maximum atomic E-state index is 13.0. The summed E-state index contributed by atoms with van der Waals surface area (Å²) in [5.41, 5.74) is 1.86. The Bertz CT molecular complexity index is 1190. The molecule has 1 fully saturated rings. The number of methoxy groups -OCH3 is 2. The van der Waals surface area contributed by atoms with Crippen molar-refractivity contribution in [2.75, 3.05) is 14.2 Å². The fourth-order valence-corrected chi connectivity index (χ4v) is 4.68. The third-order valence-corrected chi connectivity index (χ3v) is 6.71. The number of carbonyl (C=O) groups is 1. The van der Waals surface area contributed by atoms with Crippen LogP contribution in [0.1, 0.15) is 24.5 Å². The number of rotatable bonds is 7. The van der Waals surface area contributed by atoms with Gasteiger partial charge in [-0.15, -0.1) is 5.10 Å². The highest BCUT2D eigenvalue weighted by Gasteiger charge is 2.37. The highest BCUT2D eigenvalue weighted by atomic mass is 32.2. The zero-order chi connectivity index (χ0) is 22.5. The van der Waals surface area contributed by atoms with Gasteiger partial charge in [-0.05, 0) is 34.9 Å². The molecular weight excluding hydrogens is 422 g/mol. The molecule has 0 unspecified atom stereocenters. The van der Waals surface area contributed by atoms with Crippen molar-refractivity contribution in [3.05, 3.63) is 71.8 Å². The molecule has 1 heterocycles. The SMILES string of the molecule is CC[C@H]1S/C(=N\N=C/c2ccc(OC)cc2OC)N(Cc2cccc3ccccc23)C1=O. The number of hydrogen-bond donors (Lipinski definition) is 0. The summed E-state index contributed by atoms with van der Waals surface area (Å²) in [5.74, 6) is 1.42. The standard InChI is InChI=1S/C25H25N3O3S/c1-4-23-24(29)28(16-19-10-7-9-17-8-5-6-11-21(17)19)25(32-23)27-26-15-18-12-13-20(30-2)14-22(18)31-3/h5-15,23H,4,16H2,1-3H3/b26-15-,27-25-/t23-/m1/s1. The van der Waals surface area contributed by atoms with Crippen molar-refractivity contribution < 1.29 is 14.3 Å². The van der Waals surface area contributed by atoms with Gasteiger partial charge in [0.05, 0.1) is 32.2 Å². The number of hydrogen-bond acceptors (Lipinski definition) is 6. The number of ether oxygens (including phenoxy) is 2. The predicted octanol–water partition coefficient (Wildman–Crippen LogP) is 5.10. The summed E-state index contributed by atoms with van der Waals surface area (Å²) in [6, 6.07) is 19.8. The van der Waals surface area contributed by atoms with Crippen LogP contribution in [0, 0.1) is 0 Å². The second-order valence-corrected chi connectivity index (χ2v) is 8.48. The van der Waals surface area contributed by atoms with Crippen molar-refractivity contribution >= 4 is 39.8 Å². The first-order valence-electron chi connectivity index (χ1n) is 10.4. The average Bonchev–Trinajstić information content (AvgIpc) is 3.13. The molecule has 4 rings (SSSR count). The molecule has 1 saturated heterocycles. The minimum atomic E-state index is -0.144. The lowest BCUT2D eigenvalue weighted by atomic mass is 10.0. The summed E-state index contributed by atoms with van der Waals surface area (Å²) in [7, 11) is 3.21. The summed E-state index contributed by atoms with van der Waals surface area (Å²) >= 11 is 1.46. The Kier molecular flexibility index (Phi) is 6.75. The van der Waals surface area contributed by atoms with Gasteiger partial charge in [-0.25, -0.2) is 0 Å². The van der Waals surface area contributed by atoms with E-state index in [2.05, 4.69) is 34.5 Å². The number of benzene rings is 3. The zero-order valence-corrected chi connectivity index (χ0v) is 19.1. The van der Waals surface area contributed by atoms with E-state index in [4.69, 9.17) is 9.47 Å². The largest absolute Gasteiger partial charge is 0.497 e. The molecule has 1 amide bonds. The topological polar surface area (TPSA) is 63.5 Å². The second kappa shape index (κ2) is 9.87. The van der Waals surface area contributed by atoms with E-state index in [-0.39, 0.29) is 11.2 Å². The molecule has 0 saturated carbocycles. The number of nitrogens with zero attached hydrogens (tertiary/aromatic N) is 3. The molecule has 0 radical (unpaired) electrons. The van der Waals surface area contributed by atoms with Crippen molar-refractivity contribution in [3.63, 3.8) is 0 Å². The molecule has 3 aromatic rings. The van der Waals surface area contributed by atoms with Gasteiger partial charge in [0.1, 0.15) is 11.5 Å². The Morgan fingerprint density at radius 3 is 2.66 bits per heavy atom. The van der Waals surface area contributed by atoms with Gasteiger partial charge in [0.25, 0.3) is 0 Å². The molecule has 0 aromatic heterocycles. The van der Waals surface area contributed by atoms with Crippen molar-refractivity contribution in [3.8, 4) is 11.5 Å². The molecule has 32 heavy (non-hydrogen) atoms. The Morgan fingerprint density at radius 2 is 1.88 bits per heavy atom. The molecule has 0 spiro atoms. The van der Waals surface area contributed by atoms with E-state index in [0.29, 0.717) is 23.2 Å². The Labute approximate surface area is 191 Å². The van der Waals surface area contributed by atoms with Crippen LogP contribution in [0.2, 0.25) is 0 Å². The summed E-state index contributed by atoms with van der Waals surface area (Å²) in [4.78, 5) is 14.8. The molecule has 164 valence electrons. The van der Waals surface area contributed by atoms with Crippen molar-refractivity contribution in [1.29, 1.82) is 0 Å². The highest BCUT2D eigenvalue weighted by Crippen LogP contribution is 2.32. The van der Waals surface area contributed by atoms with Crippen LogP contribution in [0.4, 0.5) is 0 Å². The molecule has 1 atom stereocenters. The summed E-state index contributed by atoms with van der Waals surface area (Å²) in [5, 5.41) is 11.4. The number of fused-ring (bicyclic) bond motifs is 1. The third kappa shape index (κ3) is 4.48. The molecule has 6 nitrogen and oxygen atoms in total. The lowest BCUT2D eigenvalue weighted by molar-refractivity contribution is -0.126. The van der Waals surface area contributed by atoms with Crippen LogP contribution in [-0.2, 0) is 11.3 Å². The summed E-state index contributed by atoms with van der Waals surface area (Å²) < 4.78 is 10.6. The maximum Gasteiger partial charge on any atom is 0.242 e. The molecular formula is C25H25N3O3S. The predicted molar refractivity (Wildman–Crippen MR) is 131 cm³/mol. The monoisotopic (exact) mass is 447 g/mol. The van der Waals surface area contributed by atoms with E-state index in [9.17, 15) is 4.79 Å². The first-order chi connectivity index (χ1) is 15.6. The fourth-order valence-electron chi connectivity index (χ4n) is 3.66. The van der Waals surface area contributed by atoms with E-state index in [1.807, 2.05) is 37.3 Å². The lowest BCUT2D eigenvalue weighted by Gasteiger charge is -2.17. The average molecular weight is 448 g/mol. The molecule has 0 N–H and O–H groups in total. The Hall–Kier alpha value is -3.32. The zero-order valence-electron chi connectivity index (χ0n) is 18.3. The van der Waals surface area contributed by atoms with Gasteiger partial charge in [0.2, 0.25) is 5.91 Å². The fraction of sp³-hybridized carbons (Fsp3) is 0.240. The third-order valence-electron chi connectivity index (χ3n) is 5.38. The lowest BCUT2D eigenvalue weighted by Crippen LogP contribution is -2.31. The Morgan fingerprint density at radius 1 is 1.06 bits per heavy atom. The van der Waals surface area contributed by atoms with E-state index in [0.717, 1.165) is 28.3 Å². The summed E-state index contributed by atoms with van der Waals surface area (Å²) in [6.07, 6.45) is 2.37. The van der Waals surface area contributed by atoms with Gasteiger partial charge in [0.15, 0.2) is 5.17 Å². The van der Waals surface area contributed by atoms with Gasteiger partial charge in [-0.2, -0.15) is 5.10 Å². The van der Waals surface area contributed by atoms with Gasteiger partial charge in [-0.1, -0.05) is 61.2 Å². The van der Waals surface area contributed by atoms with Gasteiger partial charge in [0, 0.05) is 11.6 Å². The number of carbonyl (C=O) groups excluding carboxylic acids is 1. The number of amides is 1. The molecule has 3 aromatic carbocycles. The van der Waals surface area contributed by atoms with E-state index >= 15 is 0 Å². The van der Waals surface area contributed by atoms with Crippen LogP contribution < -0.4 is 9.47 Å². The van der Waals surface area contributed by atoms with Crippen LogP contribution in [0.3, 0.4) is 0 Å². The smallest absolute Gasteiger partial charge is 0.242 e. The van der Waals surface area contributed by atoms with Crippen LogP contribution >= 0.6 is 11.8 Å². The molecule has 1 aliphatic rings.